The second kappa shape index (κ2) is 5.06. The molecule has 3 N–H and O–H groups in total. The van der Waals surface area contributed by atoms with Crippen LogP contribution in [0.3, 0.4) is 0 Å². The fourth-order valence-electron chi connectivity index (χ4n) is 1.36. The van der Waals surface area contributed by atoms with Gasteiger partial charge in [0.1, 0.15) is 6.33 Å². The Balaban J connectivity index is 1.98. The zero-order valence-corrected chi connectivity index (χ0v) is 9.06. The number of nitrogens with zero attached hydrogens (tertiary/aromatic N) is 5. The Kier molecular flexibility index (Phi) is 3.29. The van der Waals surface area contributed by atoms with E-state index in [0.717, 1.165) is 6.42 Å². The van der Waals surface area contributed by atoms with Crippen LogP contribution in [0.15, 0.2) is 36.0 Å². The fourth-order valence-corrected chi connectivity index (χ4v) is 1.36. The zero-order valence-electron chi connectivity index (χ0n) is 9.06. The molecule has 2 aromatic heterocycles. The molecule has 0 bridgehead atoms. The van der Waals surface area contributed by atoms with Crippen LogP contribution in [0.25, 0.3) is 0 Å². The number of hydrogen-bond acceptors (Lipinski definition) is 5. The summed E-state index contributed by atoms with van der Waals surface area (Å²) in [6, 6.07) is 3.89. The van der Waals surface area contributed by atoms with E-state index in [9.17, 15) is 0 Å². The van der Waals surface area contributed by atoms with Gasteiger partial charge < -0.3 is 10.9 Å². The van der Waals surface area contributed by atoms with Crippen LogP contribution in [0, 0.1) is 0 Å². The lowest BCUT2D eigenvalue weighted by molar-refractivity contribution is 0.318. The van der Waals surface area contributed by atoms with Crippen molar-refractivity contribution in [3.63, 3.8) is 0 Å². The molecule has 0 saturated carbocycles. The largest absolute Gasteiger partial charge is 0.409 e. The van der Waals surface area contributed by atoms with Gasteiger partial charge in [-0.25, -0.2) is 4.98 Å². The van der Waals surface area contributed by atoms with Crippen LogP contribution in [0.2, 0.25) is 0 Å². The molecule has 0 aliphatic carbocycles. The van der Waals surface area contributed by atoms with E-state index in [1.807, 2.05) is 12.1 Å². The molecule has 2 heterocycles. The van der Waals surface area contributed by atoms with Crippen LogP contribution < -0.4 is 5.73 Å². The van der Waals surface area contributed by atoms with E-state index < -0.39 is 0 Å². The van der Waals surface area contributed by atoms with Gasteiger partial charge in [-0.3, -0.25) is 9.67 Å². The van der Waals surface area contributed by atoms with E-state index >= 15 is 0 Å². The number of aromatic nitrogens is 4. The van der Waals surface area contributed by atoms with Gasteiger partial charge in [0.05, 0.1) is 0 Å². The summed E-state index contributed by atoms with van der Waals surface area (Å²) in [5.74, 6) is 0.134. The minimum atomic E-state index is -0.0901. The van der Waals surface area contributed by atoms with Gasteiger partial charge in [0.2, 0.25) is 11.7 Å². The smallest absolute Gasteiger partial charge is 0.219 e. The summed E-state index contributed by atoms with van der Waals surface area (Å²) < 4.78 is 1.65. The van der Waals surface area contributed by atoms with E-state index in [4.69, 9.17) is 10.9 Å². The van der Waals surface area contributed by atoms with E-state index in [1.54, 1.807) is 23.4 Å². The number of oxime groups is 1. The molecule has 7 nitrogen and oxygen atoms in total. The van der Waals surface area contributed by atoms with Crippen molar-refractivity contribution in [2.75, 3.05) is 0 Å². The molecule has 2 aromatic rings. The van der Waals surface area contributed by atoms with E-state index in [-0.39, 0.29) is 11.7 Å². The summed E-state index contributed by atoms with van der Waals surface area (Å²) in [5.41, 5.74) is 6.54. The number of nitrogens with two attached hydrogens (primary N) is 1. The van der Waals surface area contributed by atoms with Crippen molar-refractivity contribution in [1.29, 1.82) is 0 Å². The van der Waals surface area contributed by atoms with E-state index in [2.05, 4.69) is 20.2 Å². The van der Waals surface area contributed by atoms with E-state index in [1.165, 1.54) is 5.56 Å². The molecule has 2 rings (SSSR count). The molecule has 0 saturated heterocycles. The summed E-state index contributed by atoms with van der Waals surface area (Å²) >= 11 is 0. The average Bonchev–Trinajstić information content (AvgIpc) is 2.85. The number of pyridine rings is 1. The summed E-state index contributed by atoms with van der Waals surface area (Å²) in [7, 11) is 0. The molecule has 7 heteroatoms. The van der Waals surface area contributed by atoms with Gasteiger partial charge in [0.25, 0.3) is 0 Å². The van der Waals surface area contributed by atoms with Gasteiger partial charge in [-0.15, -0.1) is 5.10 Å². The fraction of sp³-hybridized carbons (Fsp3) is 0.200. The average molecular weight is 232 g/mol. The lowest BCUT2D eigenvalue weighted by Crippen LogP contribution is -2.15. The van der Waals surface area contributed by atoms with Crippen molar-refractivity contribution in [1.82, 2.24) is 19.7 Å². The van der Waals surface area contributed by atoms with Gasteiger partial charge >= 0.3 is 0 Å². The van der Waals surface area contributed by atoms with Crippen LogP contribution in [0.5, 0.6) is 0 Å². The Morgan fingerprint density at radius 1 is 1.41 bits per heavy atom. The van der Waals surface area contributed by atoms with Crippen LogP contribution in [-0.2, 0) is 13.0 Å². The normalized spacial score (nSPS) is 11.6. The second-order valence-electron chi connectivity index (χ2n) is 3.42. The Bertz CT molecular complexity index is 507. The predicted octanol–water partition coefficient (Wildman–Crippen LogP) is 0.0103. The predicted molar refractivity (Wildman–Crippen MR) is 60.5 cm³/mol. The van der Waals surface area contributed by atoms with Gasteiger partial charge in [-0.2, -0.15) is 0 Å². The summed E-state index contributed by atoms with van der Waals surface area (Å²) in [5, 5.41) is 15.4. The van der Waals surface area contributed by atoms with Crippen LogP contribution >= 0.6 is 0 Å². The molecule has 88 valence electrons. The van der Waals surface area contributed by atoms with Gasteiger partial charge in [-0.1, -0.05) is 5.16 Å². The molecule has 0 unspecified atom stereocenters. The minimum absolute atomic E-state index is 0.0901. The topological polar surface area (TPSA) is 102 Å². The molecular weight excluding hydrogens is 220 g/mol. The standard InChI is InChI=1S/C10H12N6O/c11-9(15-17)10-13-7-16(14-10)6-3-8-1-4-12-5-2-8/h1-2,4-5,7,17H,3,6H2,(H2,11,15). The van der Waals surface area contributed by atoms with Crippen molar-refractivity contribution in [3.8, 4) is 0 Å². The van der Waals surface area contributed by atoms with Crippen LogP contribution in [-0.4, -0.2) is 30.8 Å². The van der Waals surface area contributed by atoms with Crippen LogP contribution in [0.1, 0.15) is 11.4 Å². The summed E-state index contributed by atoms with van der Waals surface area (Å²) in [4.78, 5) is 7.87. The van der Waals surface area contributed by atoms with Gasteiger partial charge in [0.15, 0.2) is 0 Å². The van der Waals surface area contributed by atoms with Crippen LogP contribution in [0.4, 0.5) is 0 Å². The monoisotopic (exact) mass is 232 g/mol. The third-order valence-electron chi connectivity index (χ3n) is 2.25. The summed E-state index contributed by atoms with van der Waals surface area (Å²) in [6.07, 6.45) is 5.87. The van der Waals surface area contributed by atoms with Gasteiger partial charge in [-0.05, 0) is 24.1 Å². The van der Waals surface area contributed by atoms with E-state index in [0.29, 0.717) is 6.54 Å². The maximum atomic E-state index is 8.47. The molecular formula is C10H12N6O. The number of aryl methyl sites for hydroxylation is 2. The molecule has 0 aliphatic rings. The SMILES string of the molecule is NC(=NO)c1ncn(CCc2ccncc2)n1. The molecule has 0 radical (unpaired) electrons. The van der Waals surface area contributed by atoms with Crippen molar-refractivity contribution in [2.24, 2.45) is 10.9 Å². The molecule has 0 fully saturated rings. The Morgan fingerprint density at radius 2 is 2.18 bits per heavy atom. The highest BCUT2D eigenvalue weighted by Gasteiger charge is 2.05. The lowest BCUT2D eigenvalue weighted by atomic mass is 10.2. The highest BCUT2D eigenvalue weighted by atomic mass is 16.4. The highest BCUT2D eigenvalue weighted by Crippen LogP contribution is 1.99. The molecule has 0 spiro atoms. The van der Waals surface area contributed by atoms with Crippen molar-refractivity contribution in [3.05, 3.63) is 42.2 Å². The first-order valence-electron chi connectivity index (χ1n) is 5.06. The van der Waals surface area contributed by atoms with Crippen molar-refractivity contribution < 1.29 is 5.21 Å². The maximum absolute atomic E-state index is 8.47. The lowest BCUT2D eigenvalue weighted by Gasteiger charge is -2.00. The quantitative estimate of drug-likeness (QED) is 0.334. The first kappa shape index (κ1) is 11.1. The number of hydrogen-bond donors (Lipinski definition) is 2. The zero-order chi connectivity index (χ0) is 12.1. The Morgan fingerprint density at radius 3 is 2.88 bits per heavy atom. The third-order valence-corrected chi connectivity index (χ3v) is 2.25. The molecule has 0 aliphatic heterocycles. The first-order valence-corrected chi connectivity index (χ1v) is 5.06. The highest BCUT2D eigenvalue weighted by molar-refractivity contribution is 5.93. The maximum Gasteiger partial charge on any atom is 0.219 e. The molecule has 0 aromatic carbocycles. The second-order valence-corrected chi connectivity index (χ2v) is 3.42. The Hall–Kier alpha value is -2.44. The molecule has 0 amide bonds. The van der Waals surface area contributed by atoms with Crippen molar-refractivity contribution in [2.45, 2.75) is 13.0 Å². The third kappa shape index (κ3) is 2.77. The number of rotatable bonds is 4. The molecule has 0 atom stereocenters. The number of amidine groups is 1. The summed E-state index contributed by atoms with van der Waals surface area (Å²) in [6.45, 7) is 0.676. The first-order chi connectivity index (χ1) is 8.29. The Labute approximate surface area is 97.6 Å². The minimum Gasteiger partial charge on any atom is -0.409 e. The molecule has 17 heavy (non-hydrogen) atoms. The van der Waals surface area contributed by atoms with Gasteiger partial charge in [0, 0.05) is 18.9 Å². The van der Waals surface area contributed by atoms with Crippen molar-refractivity contribution >= 4 is 5.84 Å².